The molecule has 0 aliphatic heterocycles. The summed E-state index contributed by atoms with van der Waals surface area (Å²) in [5.74, 6) is -0.707. The van der Waals surface area contributed by atoms with E-state index in [9.17, 15) is 9.59 Å². The number of esters is 1. The van der Waals surface area contributed by atoms with E-state index in [1.54, 1.807) is 45.2 Å². The predicted octanol–water partition coefficient (Wildman–Crippen LogP) is 2.09. The summed E-state index contributed by atoms with van der Waals surface area (Å²) in [6.07, 6.45) is 0. The molecule has 0 saturated carbocycles. The molecule has 110 valence electrons. The fourth-order valence-corrected chi connectivity index (χ4v) is 2.19. The second kappa shape index (κ2) is 5.78. The van der Waals surface area contributed by atoms with E-state index < -0.39 is 5.97 Å². The van der Waals surface area contributed by atoms with Crippen LogP contribution in [0.15, 0.2) is 24.3 Å². The Bertz CT molecular complexity index is 672. The minimum Gasteiger partial charge on any atom is -0.465 e. The van der Waals surface area contributed by atoms with Gasteiger partial charge in [-0.2, -0.15) is 5.10 Å². The van der Waals surface area contributed by atoms with Crippen molar-refractivity contribution in [2.24, 2.45) is 0 Å². The molecule has 0 atom stereocenters. The molecule has 6 nitrogen and oxygen atoms in total. The third-order valence-electron chi connectivity index (χ3n) is 3.32. The summed E-state index contributed by atoms with van der Waals surface area (Å²) in [6.45, 7) is 3.55. The molecule has 0 bridgehead atoms. The van der Waals surface area contributed by atoms with Gasteiger partial charge in [-0.1, -0.05) is 12.1 Å². The maximum atomic E-state index is 12.6. The molecule has 2 aromatic rings. The maximum absolute atomic E-state index is 12.6. The first-order valence-electron chi connectivity index (χ1n) is 6.44. The number of benzene rings is 1. The van der Waals surface area contributed by atoms with E-state index in [4.69, 9.17) is 4.74 Å². The van der Waals surface area contributed by atoms with Gasteiger partial charge in [0.05, 0.1) is 29.6 Å². The molecule has 1 aromatic heterocycles. The van der Waals surface area contributed by atoms with Gasteiger partial charge in [0.25, 0.3) is 5.91 Å². The number of aromatic nitrogens is 2. The minimum absolute atomic E-state index is 0.227. The Kier molecular flexibility index (Phi) is 4.07. The van der Waals surface area contributed by atoms with E-state index in [-0.39, 0.29) is 5.91 Å². The molecule has 1 aromatic carbocycles. The lowest BCUT2D eigenvalue weighted by Gasteiger charge is -2.20. The summed E-state index contributed by atoms with van der Waals surface area (Å²) in [5, 5.41) is 6.81. The zero-order valence-corrected chi connectivity index (χ0v) is 12.4. The molecule has 21 heavy (non-hydrogen) atoms. The van der Waals surface area contributed by atoms with E-state index in [2.05, 4.69) is 10.2 Å². The van der Waals surface area contributed by atoms with Crippen LogP contribution in [0.5, 0.6) is 0 Å². The highest BCUT2D eigenvalue weighted by atomic mass is 16.5. The van der Waals surface area contributed by atoms with Gasteiger partial charge in [-0.25, -0.2) is 4.79 Å². The summed E-state index contributed by atoms with van der Waals surface area (Å²) in [6, 6.07) is 6.82. The molecule has 0 fully saturated rings. The number of amides is 1. The average Bonchev–Trinajstić information content (AvgIpc) is 2.84. The van der Waals surface area contributed by atoms with Crippen LogP contribution in [0.2, 0.25) is 0 Å². The largest absolute Gasteiger partial charge is 0.465 e. The van der Waals surface area contributed by atoms with Crippen molar-refractivity contribution in [1.29, 1.82) is 0 Å². The minimum atomic E-state index is -0.481. The first-order chi connectivity index (χ1) is 9.97. The highest BCUT2D eigenvalue weighted by Gasteiger charge is 2.23. The molecule has 2 rings (SSSR count). The van der Waals surface area contributed by atoms with Crippen LogP contribution < -0.4 is 4.90 Å². The van der Waals surface area contributed by atoms with Crippen LogP contribution in [0.4, 0.5) is 5.69 Å². The molecule has 0 aliphatic carbocycles. The smallest absolute Gasteiger partial charge is 0.339 e. The van der Waals surface area contributed by atoms with Gasteiger partial charge in [0.1, 0.15) is 0 Å². The number of hydrogen-bond donors (Lipinski definition) is 1. The summed E-state index contributed by atoms with van der Waals surface area (Å²) in [7, 11) is 2.93. The predicted molar refractivity (Wildman–Crippen MR) is 78.6 cm³/mol. The van der Waals surface area contributed by atoms with Crippen molar-refractivity contribution in [3.8, 4) is 0 Å². The second-order valence-electron chi connectivity index (χ2n) is 4.68. The Hall–Kier alpha value is -2.63. The number of anilines is 1. The van der Waals surface area contributed by atoms with Crippen LogP contribution >= 0.6 is 0 Å². The fraction of sp³-hybridized carbons (Fsp3) is 0.267. The number of nitrogens with one attached hydrogen (secondary N) is 1. The van der Waals surface area contributed by atoms with Gasteiger partial charge in [0.2, 0.25) is 0 Å². The molecule has 0 saturated heterocycles. The van der Waals surface area contributed by atoms with Crippen LogP contribution in [0.1, 0.15) is 32.1 Å². The number of H-pyrrole nitrogens is 1. The van der Waals surface area contributed by atoms with Crippen molar-refractivity contribution >= 4 is 17.6 Å². The monoisotopic (exact) mass is 287 g/mol. The van der Waals surface area contributed by atoms with E-state index in [0.717, 1.165) is 0 Å². The number of methoxy groups -OCH3 is 1. The van der Waals surface area contributed by atoms with Crippen molar-refractivity contribution in [2.75, 3.05) is 19.1 Å². The lowest BCUT2D eigenvalue weighted by atomic mass is 10.1. The number of carbonyl (C=O) groups excluding carboxylic acids is 2. The van der Waals surface area contributed by atoms with Gasteiger partial charge in [-0.05, 0) is 26.0 Å². The standard InChI is InChI=1S/C15H17N3O3/c1-9-13(10(2)17-16-9)14(19)18(3)12-8-6-5-7-11(12)15(20)21-4/h5-8H,1-4H3,(H,16,17). The molecule has 6 heteroatoms. The van der Waals surface area contributed by atoms with Crippen molar-refractivity contribution in [3.05, 3.63) is 46.8 Å². The molecule has 0 unspecified atom stereocenters. The quantitative estimate of drug-likeness (QED) is 0.877. The first-order valence-corrected chi connectivity index (χ1v) is 6.44. The number of ether oxygens (including phenoxy) is 1. The number of aryl methyl sites for hydroxylation is 2. The molecule has 1 amide bonds. The van der Waals surface area contributed by atoms with Gasteiger partial charge in [0.15, 0.2) is 0 Å². The summed E-state index contributed by atoms with van der Waals surface area (Å²) < 4.78 is 4.75. The third-order valence-corrected chi connectivity index (χ3v) is 3.32. The van der Waals surface area contributed by atoms with E-state index in [1.165, 1.54) is 12.0 Å². The summed E-state index contributed by atoms with van der Waals surface area (Å²) >= 11 is 0. The normalized spacial score (nSPS) is 10.3. The number of rotatable bonds is 3. The highest BCUT2D eigenvalue weighted by molar-refractivity contribution is 6.10. The molecule has 0 aliphatic rings. The number of aromatic amines is 1. The average molecular weight is 287 g/mol. The topological polar surface area (TPSA) is 75.3 Å². The van der Waals surface area contributed by atoms with Gasteiger partial charge >= 0.3 is 5.97 Å². The Labute approximate surface area is 122 Å². The lowest BCUT2D eigenvalue weighted by molar-refractivity contribution is 0.0601. The van der Waals surface area contributed by atoms with Crippen molar-refractivity contribution in [3.63, 3.8) is 0 Å². The van der Waals surface area contributed by atoms with Crippen LogP contribution in [0.3, 0.4) is 0 Å². The second-order valence-corrected chi connectivity index (χ2v) is 4.68. The molecule has 0 radical (unpaired) electrons. The van der Waals surface area contributed by atoms with Crippen LogP contribution in [-0.4, -0.2) is 36.2 Å². The van der Waals surface area contributed by atoms with Crippen LogP contribution in [-0.2, 0) is 4.74 Å². The first kappa shape index (κ1) is 14.8. The van der Waals surface area contributed by atoms with Gasteiger partial charge in [-0.15, -0.1) is 0 Å². The molecular formula is C15H17N3O3. The Morgan fingerprint density at radius 2 is 1.90 bits per heavy atom. The van der Waals surface area contributed by atoms with Crippen molar-refractivity contribution in [1.82, 2.24) is 10.2 Å². The molecule has 1 heterocycles. The summed E-state index contributed by atoms with van der Waals surface area (Å²) in [5.41, 5.74) is 2.67. The van der Waals surface area contributed by atoms with Crippen LogP contribution in [0, 0.1) is 13.8 Å². The van der Waals surface area contributed by atoms with Crippen molar-refractivity contribution < 1.29 is 14.3 Å². The van der Waals surface area contributed by atoms with Crippen molar-refractivity contribution in [2.45, 2.75) is 13.8 Å². The highest BCUT2D eigenvalue weighted by Crippen LogP contribution is 2.23. The molecule has 0 spiro atoms. The van der Waals surface area contributed by atoms with Gasteiger partial charge < -0.3 is 9.64 Å². The van der Waals surface area contributed by atoms with E-state index in [0.29, 0.717) is 28.2 Å². The molecular weight excluding hydrogens is 270 g/mol. The van der Waals surface area contributed by atoms with Crippen LogP contribution in [0.25, 0.3) is 0 Å². The third kappa shape index (κ3) is 2.65. The zero-order chi connectivity index (χ0) is 15.6. The number of para-hydroxylation sites is 1. The van der Waals surface area contributed by atoms with Gasteiger partial charge in [0, 0.05) is 12.7 Å². The number of nitrogens with zero attached hydrogens (tertiary/aromatic N) is 2. The Balaban J connectivity index is 2.43. The SMILES string of the molecule is COC(=O)c1ccccc1N(C)C(=O)c1c(C)n[nH]c1C. The number of carbonyl (C=O) groups is 2. The Morgan fingerprint density at radius 1 is 1.24 bits per heavy atom. The zero-order valence-electron chi connectivity index (χ0n) is 12.4. The Morgan fingerprint density at radius 3 is 2.48 bits per heavy atom. The van der Waals surface area contributed by atoms with E-state index in [1.807, 2.05) is 0 Å². The van der Waals surface area contributed by atoms with Gasteiger partial charge in [-0.3, -0.25) is 9.89 Å². The fourth-order valence-electron chi connectivity index (χ4n) is 2.19. The maximum Gasteiger partial charge on any atom is 0.339 e. The lowest BCUT2D eigenvalue weighted by Crippen LogP contribution is -2.28. The molecule has 1 N–H and O–H groups in total. The summed E-state index contributed by atoms with van der Waals surface area (Å²) in [4.78, 5) is 25.9. The van der Waals surface area contributed by atoms with E-state index >= 15 is 0 Å². The number of hydrogen-bond acceptors (Lipinski definition) is 4.